The van der Waals surface area contributed by atoms with Crippen molar-refractivity contribution < 1.29 is 4.79 Å². The molecule has 1 N–H and O–H groups in total. The molecule has 0 saturated carbocycles. The van der Waals surface area contributed by atoms with E-state index in [2.05, 4.69) is 41.4 Å². The fourth-order valence-corrected chi connectivity index (χ4v) is 3.03. The zero-order valence-corrected chi connectivity index (χ0v) is 12.8. The first kappa shape index (κ1) is 14.5. The molecule has 1 aromatic rings. The number of nitrogens with zero attached hydrogens (tertiary/aromatic N) is 2. The Labute approximate surface area is 127 Å². The molecular formula is C17H25N3O. The molecule has 0 aliphatic carbocycles. The first-order chi connectivity index (χ1) is 10.2. The Kier molecular flexibility index (Phi) is 4.56. The molecule has 2 aliphatic heterocycles. The largest absolute Gasteiger partial charge is 0.340 e. The molecule has 2 saturated heterocycles. The zero-order valence-electron chi connectivity index (χ0n) is 12.8. The average Bonchev–Trinajstić information content (AvgIpc) is 2.45. The number of rotatable bonds is 4. The molecule has 21 heavy (non-hydrogen) atoms. The lowest BCUT2D eigenvalue weighted by atomic mass is 10.1. The molecule has 0 radical (unpaired) electrons. The average molecular weight is 287 g/mol. The van der Waals surface area contributed by atoms with Crippen LogP contribution in [0.5, 0.6) is 0 Å². The molecule has 0 atom stereocenters. The normalized spacial score (nSPS) is 20.3. The van der Waals surface area contributed by atoms with Gasteiger partial charge in [0.25, 0.3) is 0 Å². The highest BCUT2D eigenvalue weighted by atomic mass is 16.2. The van der Waals surface area contributed by atoms with Crippen LogP contribution in [0.1, 0.15) is 17.5 Å². The summed E-state index contributed by atoms with van der Waals surface area (Å²) in [6.07, 6.45) is 1.49. The fraction of sp³-hybridized carbons (Fsp3) is 0.588. The quantitative estimate of drug-likeness (QED) is 0.899. The first-order valence-electron chi connectivity index (χ1n) is 8.00. The van der Waals surface area contributed by atoms with Crippen LogP contribution < -0.4 is 5.32 Å². The predicted molar refractivity (Wildman–Crippen MR) is 84.3 cm³/mol. The summed E-state index contributed by atoms with van der Waals surface area (Å²) >= 11 is 0. The molecule has 114 valence electrons. The van der Waals surface area contributed by atoms with E-state index in [0.29, 0.717) is 18.4 Å². The minimum Gasteiger partial charge on any atom is -0.340 e. The van der Waals surface area contributed by atoms with Gasteiger partial charge in [-0.25, -0.2) is 0 Å². The summed E-state index contributed by atoms with van der Waals surface area (Å²) in [6.45, 7) is 8.16. The van der Waals surface area contributed by atoms with Gasteiger partial charge in [-0.2, -0.15) is 0 Å². The van der Waals surface area contributed by atoms with E-state index >= 15 is 0 Å². The van der Waals surface area contributed by atoms with Crippen LogP contribution in [0.4, 0.5) is 0 Å². The van der Waals surface area contributed by atoms with E-state index in [4.69, 9.17) is 0 Å². The summed E-state index contributed by atoms with van der Waals surface area (Å²) in [4.78, 5) is 16.8. The number of carbonyl (C=O) groups excluding carboxylic acids is 1. The Morgan fingerprint density at radius 2 is 1.81 bits per heavy atom. The van der Waals surface area contributed by atoms with E-state index in [-0.39, 0.29) is 0 Å². The minimum absolute atomic E-state index is 0.307. The summed E-state index contributed by atoms with van der Waals surface area (Å²) in [5, 5.41) is 3.31. The van der Waals surface area contributed by atoms with Gasteiger partial charge in [0.1, 0.15) is 0 Å². The van der Waals surface area contributed by atoms with E-state index in [9.17, 15) is 4.79 Å². The predicted octanol–water partition coefficient (Wildman–Crippen LogP) is 1.04. The van der Waals surface area contributed by atoms with Crippen LogP contribution in [-0.4, -0.2) is 61.0 Å². The molecule has 3 rings (SSSR count). The number of benzene rings is 1. The van der Waals surface area contributed by atoms with Gasteiger partial charge in [-0.3, -0.25) is 9.69 Å². The van der Waals surface area contributed by atoms with Crippen molar-refractivity contribution in [1.82, 2.24) is 15.1 Å². The van der Waals surface area contributed by atoms with Gasteiger partial charge in [0, 0.05) is 51.7 Å². The van der Waals surface area contributed by atoms with E-state index in [0.717, 1.165) is 45.7 Å². The van der Waals surface area contributed by atoms with Gasteiger partial charge in [-0.1, -0.05) is 29.8 Å². The second-order valence-corrected chi connectivity index (χ2v) is 6.21. The first-order valence-corrected chi connectivity index (χ1v) is 8.00. The number of hydrogen-bond donors (Lipinski definition) is 1. The van der Waals surface area contributed by atoms with Crippen molar-refractivity contribution in [2.75, 3.05) is 39.3 Å². The van der Waals surface area contributed by atoms with E-state index in [1.54, 1.807) is 0 Å². The third-order valence-electron chi connectivity index (χ3n) is 4.69. The van der Waals surface area contributed by atoms with Crippen molar-refractivity contribution in [2.45, 2.75) is 25.8 Å². The topological polar surface area (TPSA) is 35.6 Å². The molecule has 1 amide bonds. The summed E-state index contributed by atoms with van der Waals surface area (Å²) < 4.78 is 0. The maximum atomic E-state index is 12.3. The van der Waals surface area contributed by atoms with Gasteiger partial charge in [0.2, 0.25) is 5.91 Å². The lowest BCUT2D eigenvalue weighted by Crippen LogP contribution is -2.62. The molecule has 4 heteroatoms. The van der Waals surface area contributed by atoms with Crippen LogP contribution in [-0.2, 0) is 11.2 Å². The van der Waals surface area contributed by atoms with Gasteiger partial charge in [-0.05, 0) is 18.9 Å². The van der Waals surface area contributed by atoms with Crippen LogP contribution in [0.25, 0.3) is 0 Å². The van der Waals surface area contributed by atoms with Crippen LogP contribution in [0.2, 0.25) is 0 Å². The highest BCUT2D eigenvalue weighted by Crippen LogP contribution is 2.12. The standard InChI is InChI=1S/C17H25N3O/c1-14-2-4-15(5-3-14)6-7-17(21)20-10-8-19(9-11-20)16-12-18-13-16/h2-5,16,18H,6-13H2,1H3. The maximum Gasteiger partial charge on any atom is 0.222 e. The SMILES string of the molecule is Cc1ccc(CCC(=O)N2CCN(C3CNC3)CC2)cc1. The number of amides is 1. The van der Waals surface area contributed by atoms with Gasteiger partial charge in [0.15, 0.2) is 0 Å². The lowest BCUT2D eigenvalue weighted by Gasteiger charge is -2.43. The van der Waals surface area contributed by atoms with E-state index < -0.39 is 0 Å². The summed E-state index contributed by atoms with van der Waals surface area (Å²) in [5.41, 5.74) is 2.53. The van der Waals surface area contributed by atoms with Gasteiger partial charge < -0.3 is 10.2 Å². The van der Waals surface area contributed by atoms with E-state index in [1.165, 1.54) is 11.1 Å². The number of carbonyl (C=O) groups is 1. The highest BCUT2D eigenvalue weighted by molar-refractivity contribution is 5.76. The van der Waals surface area contributed by atoms with Crippen molar-refractivity contribution in [1.29, 1.82) is 0 Å². The number of aryl methyl sites for hydroxylation is 2. The van der Waals surface area contributed by atoms with Crippen molar-refractivity contribution in [3.63, 3.8) is 0 Å². The second kappa shape index (κ2) is 6.58. The third-order valence-corrected chi connectivity index (χ3v) is 4.69. The van der Waals surface area contributed by atoms with Crippen molar-refractivity contribution in [2.24, 2.45) is 0 Å². The Morgan fingerprint density at radius 3 is 2.38 bits per heavy atom. The number of piperazine rings is 1. The highest BCUT2D eigenvalue weighted by Gasteiger charge is 2.28. The number of hydrogen-bond acceptors (Lipinski definition) is 3. The van der Waals surface area contributed by atoms with E-state index in [1.807, 2.05) is 4.90 Å². The molecule has 0 spiro atoms. The molecule has 0 bridgehead atoms. The van der Waals surface area contributed by atoms with Crippen LogP contribution >= 0.6 is 0 Å². The van der Waals surface area contributed by atoms with Crippen molar-refractivity contribution in [3.8, 4) is 0 Å². The molecule has 1 aromatic carbocycles. The van der Waals surface area contributed by atoms with Crippen LogP contribution in [0.15, 0.2) is 24.3 Å². The summed E-state index contributed by atoms with van der Waals surface area (Å²) in [7, 11) is 0. The van der Waals surface area contributed by atoms with Crippen LogP contribution in [0.3, 0.4) is 0 Å². The number of nitrogens with one attached hydrogen (secondary N) is 1. The monoisotopic (exact) mass is 287 g/mol. The minimum atomic E-state index is 0.307. The molecular weight excluding hydrogens is 262 g/mol. The van der Waals surface area contributed by atoms with Gasteiger partial charge in [-0.15, -0.1) is 0 Å². The van der Waals surface area contributed by atoms with Gasteiger partial charge in [0.05, 0.1) is 0 Å². The van der Waals surface area contributed by atoms with Crippen molar-refractivity contribution >= 4 is 5.91 Å². The Bertz CT molecular complexity index is 473. The Balaban J connectivity index is 1.42. The summed E-state index contributed by atoms with van der Waals surface area (Å²) in [6, 6.07) is 9.19. The Morgan fingerprint density at radius 1 is 1.14 bits per heavy atom. The maximum absolute atomic E-state index is 12.3. The lowest BCUT2D eigenvalue weighted by molar-refractivity contribution is -0.133. The van der Waals surface area contributed by atoms with Gasteiger partial charge >= 0.3 is 0 Å². The molecule has 2 fully saturated rings. The molecule has 2 heterocycles. The molecule has 0 aromatic heterocycles. The third kappa shape index (κ3) is 3.63. The Hall–Kier alpha value is -1.39. The fourth-order valence-electron chi connectivity index (χ4n) is 3.03. The molecule has 2 aliphatic rings. The van der Waals surface area contributed by atoms with Crippen LogP contribution in [0, 0.1) is 6.92 Å². The molecule has 0 unspecified atom stereocenters. The van der Waals surface area contributed by atoms with Crippen molar-refractivity contribution in [3.05, 3.63) is 35.4 Å². The smallest absolute Gasteiger partial charge is 0.222 e. The zero-order chi connectivity index (χ0) is 14.7. The molecule has 4 nitrogen and oxygen atoms in total. The second-order valence-electron chi connectivity index (χ2n) is 6.21. The summed E-state index contributed by atoms with van der Waals surface area (Å²) in [5.74, 6) is 0.307.